The topological polar surface area (TPSA) is 391 Å². The lowest BCUT2D eigenvalue weighted by Crippen LogP contribution is -2.54. The number of ether oxygens (including phenoxy) is 7. The number of aromatic nitrogens is 2. The monoisotopic (exact) mass is 1070 g/mol. The molecule has 0 bridgehead atoms. The van der Waals surface area contributed by atoms with Crippen molar-refractivity contribution in [2.24, 2.45) is 0 Å². The van der Waals surface area contributed by atoms with Crippen LogP contribution in [-0.4, -0.2) is 182 Å². The second-order valence-electron chi connectivity index (χ2n) is 18.4. The number of carboxylic acid groups (broad SMARTS) is 1. The lowest BCUT2D eigenvalue weighted by molar-refractivity contribution is -0.247. The smallest absolute Gasteiger partial charge is 0.479 e. The number of carbonyl (C=O) groups excluding carboxylic acids is 6. The molecule has 8 rings (SSSR count). The molecule has 6 heterocycles. The van der Waals surface area contributed by atoms with Gasteiger partial charge in [-0.2, -0.15) is 0 Å². The molecule has 9 N–H and O–H groups in total. The maximum absolute atomic E-state index is 14.4. The molecule has 0 radical (unpaired) electrons. The summed E-state index contributed by atoms with van der Waals surface area (Å²) < 4.78 is 39.8. The number of carboxylic acids is 1. The summed E-state index contributed by atoms with van der Waals surface area (Å²) in [5, 5.41) is 76.0. The maximum atomic E-state index is 14.4. The number of benzene rings is 2. The van der Waals surface area contributed by atoms with Gasteiger partial charge in [0.05, 0.1) is 72.7 Å². The van der Waals surface area contributed by atoms with Gasteiger partial charge in [0, 0.05) is 61.3 Å². The van der Waals surface area contributed by atoms with Gasteiger partial charge in [-0.15, -0.1) is 0 Å². The number of aliphatic hydroxyl groups is 6. The van der Waals surface area contributed by atoms with Crippen LogP contribution in [0.5, 0.6) is 17.2 Å². The van der Waals surface area contributed by atoms with Gasteiger partial charge in [-0.1, -0.05) is 6.07 Å². The summed E-state index contributed by atoms with van der Waals surface area (Å²) in [5.74, 6) is -5.14. The second-order valence-corrected chi connectivity index (χ2v) is 18.4. The molecule has 2 aromatic carbocycles. The Balaban J connectivity index is 1.04. The van der Waals surface area contributed by atoms with Crippen molar-refractivity contribution in [3.63, 3.8) is 0 Å². The number of likely N-dealkylation sites (N-methyl/N-ethyl adjacent to an activating group) is 1. The van der Waals surface area contributed by atoms with Crippen molar-refractivity contribution in [2.75, 3.05) is 52.1 Å². The van der Waals surface area contributed by atoms with E-state index < -0.39 is 128 Å². The van der Waals surface area contributed by atoms with E-state index in [0.29, 0.717) is 33.5 Å². The number of anilines is 1. The molecule has 29 heteroatoms. The number of aliphatic carboxylic acids is 1. The Morgan fingerprint density at radius 1 is 0.948 bits per heavy atom. The summed E-state index contributed by atoms with van der Waals surface area (Å²) in [4.78, 5) is 110. The van der Waals surface area contributed by atoms with Gasteiger partial charge in [0.15, 0.2) is 30.9 Å². The fourth-order valence-electron chi connectivity index (χ4n) is 8.74. The summed E-state index contributed by atoms with van der Waals surface area (Å²) >= 11 is 0. The first-order valence-corrected chi connectivity index (χ1v) is 23.5. The third-order valence-electron chi connectivity index (χ3n) is 13.1. The number of hydrogen-bond acceptors (Lipinski definition) is 23. The highest BCUT2D eigenvalue weighted by Crippen LogP contribution is 2.43. The number of hydrogen-bond donors (Lipinski definition) is 9. The highest BCUT2D eigenvalue weighted by atomic mass is 16.7. The minimum absolute atomic E-state index is 0.0443. The third kappa shape index (κ3) is 11.1. The van der Waals surface area contributed by atoms with Gasteiger partial charge in [-0.05, 0) is 42.3 Å². The number of carbonyl (C=O) groups is 7. The zero-order chi connectivity index (χ0) is 55.7. The van der Waals surface area contributed by atoms with Gasteiger partial charge >= 0.3 is 18.1 Å². The number of esters is 1. The van der Waals surface area contributed by atoms with Crippen LogP contribution in [-0.2, 0) is 79.5 Å². The molecule has 0 aliphatic carbocycles. The number of fused-ring (bicyclic) bond motifs is 6. The Bertz CT molecular complexity index is 3130. The largest absolute Gasteiger partial charge is 0.509 e. The van der Waals surface area contributed by atoms with Gasteiger partial charge in [-0.25, -0.2) is 19.4 Å². The molecule has 77 heavy (non-hydrogen) atoms. The number of rotatable bonds is 22. The quantitative estimate of drug-likeness (QED) is 0.0142. The van der Waals surface area contributed by atoms with Crippen LogP contribution in [0.3, 0.4) is 0 Å². The molecule has 2 aromatic heterocycles. The normalized spacial score (nSPS) is 17.4. The number of cyclic esters (lactones) is 1. The Morgan fingerprint density at radius 2 is 1.64 bits per heavy atom. The molecule has 4 aliphatic rings. The molecule has 4 aromatic rings. The van der Waals surface area contributed by atoms with E-state index in [1.807, 2.05) is 0 Å². The summed E-state index contributed by atoms with van der Waals surface area (Å²) in [6.07, 6.45) is -8.16. The number of amides is 4. The fourth-order valence-corrected chi connectivity index (χ4v) is 8.74. The average Bonchev–Trinajstić information content (AvgIpc) is 4.10. The van der Waals surface area contributed by atoms with E-state index in [0.717, 1.165) is 34.9 Å². The van der Waals surface area contributed by atoms with Crippen LogP contribution in [0.2, 0.25) is 0 Å². The predicted molar refractivity (Wildman–Crippen MR) is 259 cm³/mol. The second kappa shape index (κ2) is 22.3. The highest BCUT2D eigenvalue weighted by Gasteiger charge is 2.48. The van der Waals surface area contributed by atoms with Gasteiger partial charge < -0.3 is 89.0 Å². The Morgan fingerprint density at radius 3 is 2.29 bits per heavy atom. The SMILES string of the molecule is B[C@@]1(OC(=O)OCc2ccc(OC(OC(C(=O)O)[C@H](C)O)C(O)O)c(NC(=O)CN(C)C(=O)CCN3C(=O)C=CC3=O)c2)C(=O)OCc2c1cc1n(c2=O)Cc2c-1nc1cc3c(cc1c2CNC(CO)(CO)CO)OCO3. The van der Waals surface area contributed by atoms with E-state index >= 15 is 0 Å². The van der Waals surface area contributed by atoms with Crippen LogP contribution in [0.15, 0.2) is 53.3 Å². The Hall–Kier alpha value is -8.03. The average molecular weight is 1070 g/mol. The lowest BCUT2D eigenvalue weighted by Gasteiger charge is -2.33. The van der Waals surface area contributed by atoms with E-state index in [-0.39, 0.29) is 66.6 Å². The first-order chi connectivity index (χ1) is 36.6. The first-order valence-electron chi connectivity index (χ1n) is 23.5. The van der Waals surface area contributed by atoms with E-state index in [1.54, 1.807) is 12.1 Å². The molecular weight excluding hydrogens is 1020 g/mol. The minimum Gasteiger partial charge on any atom is -0.479 e. The zero-order valence-corrected chi connectivity index (χ0v) is 41.2. The molecule has 0 saturated heterocycles. The van der Waals surface area contributed by atoms with Crippen LogP contribution in [0.25, 0.3) is 22.3 Å². The van der Waals surface area contributed by atoms with Gasteiger partial charge in [-0.3, -0.25) is 28.9 Å². The standard InChI is InChI=1S/C48H51BN6O22/c1-22(59)40(42(65)66)76-44(43(67)68)75-32-4-3-23(9-30(32)51-35(60)15-53(2)36(61)7-8-54-37(62)5-6-38(54)63)16-72-46(70)77-48(49)28-11-31-39-26(14-55(31)41(64)27(28)17-71-45(48)69)25(13-50-47(18-56,19-57)20-58)24-10-33-34(74-21-73-33)12-29(24)52-39/h3-6,9-12,22,40,43-44,50,56-59,67-68H,7-8,13-21,49H2,1-2H3,(H,51,60)(H,65,66)/t22-,40?,44?,48-/m0/s1. The summed E-state index contributed by atoms with van der Waals surface area (Å²) in [6, 6.07) is 8.34. The molecule has 4 atom stereocenters. The van der Waals surface area contributed by atoms with Crippen LogP contribution in [0, 0.1) is 0 Å². The third-order valence-corrected chi connectivity index (χ3v) is 13.1. The number of pyridine rings is 2. The Labute approximate surface area is 435 Å². The molecule has 4 amide bonds. The highest BCUT2D eigenvalue weighted by molar-refractivity contribution is 6.27. The van der Waals surface area contributed by atoms with Crippen molar-refractivity contribution < 1.29 is 102 Å². The molecule has 0 spiro atoms. The number of nitrogens with zero attached hydrogens (tertiary/aromatic N) is 4. The lowest BCUT2D eigenvalue weighted by atomic mass is 9.72. The van der Waals surface area contributed by atoms with Crippen LogP contribution < -0.4 is 30.4 Å². The summed E-state index contributed by atoms with van der Waals surface area (Å²) in [7, 11) is 2.44. The number of imide groups is 1. The molecule has 0 saturated carbocycles. The van der Waals surface area contributed by atoms with Gasteiger partial charge in [0.25, 0.3) is 23.7 Å². The summed E-state index contributed by atoms with van der Waals surface area (Å²) in [6.45, 7) is -3.06. The van der Waals surface area contributed by atoms with Crippen LogP contribution >= 0.6 is 0 Å². The predicted octanol–water partition coefficient (Wildman–Crippen LogP) is -3.27. The van der Waals surface area contributed by atoms with E-state index in [1.165, 1.54) is 37.7 Å². The van der Waals surface area contributed by atoms with Gasteiger partial charge in [0.2, 0.25) is 24.9 Å². The molecule has 408 valence electrons. The van der Waals surface area contributed by atoms with Crippen molar-refractivity contribution in [3.8, 4) is 28.6 Å². The Kier molecular flexibility index (Phi) is 16.0. The van der Waals surface area contributed by atoms with E-state index in [4.69, 9.17) is 38.1 Å². The molecule has 2 unspecified atom stereocenters. The number of aliphatic hydroxyl groups excluding tert-OH is 5. The maximum Gasteiger partial charge on any atom is 0.509 e. The molecule has 28 nitrogen and oxygen atoms in total. The molecule has 0 fully saturated rings. The zero-order valence-electron chi connectivity index (χ0n) is 41.2. The first kappa shape index (κ1) is 55.2. The van der Waals surface area contributed by atoms with Crippen LogP contribution in [0.4, 0.5) is 10.5 Å². The number of nitrogens with one attached hydrogen (secondary N) is 2. The summed E-state index contributed by atoms with van der Waals surface area (Å²) in [5.41, 5.74) is -2.78. The fraction of sp³-hybridized carbons (Fsp3) is 0.396. The minimum atomic E-state index is -2.53. The van der Waals surface area contributed by atoms with Crippen molar-refractivity contribution in [1.82, 2.24) is 24.7 Å². The van der Waals surface area contributed by atoms with E-state index in [2.05, 4.69) is 10.6 Å². The van der Waals surface area contributed by atoms with Crippen molar-refractivity contribution in [2.45, 2.75) is 75.5 Å². The molecule has 4 aliphatic heterocycles. The van der Waals surface area contributed by atoms with Crippen molar-refractivity contribution in [3.05, 3.63) is 86.7 Å². The van der Waals surface area contributed by atoms with Crippen molar-refractivity contribution >= 4 is 66.2 Å². The molecular formula is C48H51BN6O22. The van der Waals surface area contributed by atoms with Crippen molar-refractivity contribution in [1.29, 1.82) is 0 Å². The van der Waals surface area contributed by atoms with E-state index in [9.17, 15) is 74.1 Å². The van der Waals surface area contributed by atoms with Crippen LogP contribution in [0.1, 0.15) is 41.2 Å². The van der Waals surface area contributed by atoms with Gasteiger partial charge in [0.1, 0.15) is 19.0 Å².